The third-order valence-electron chi connectivity index (χ3n) is 3.84. The van der Waals surface area contributed by atoms with Gasteiger partial charge in [-0.1, -0.05) is 24.3 Å². The molecule has 2 amide bonds. The second-order valence-electron chi connectivity index (χ2n) is 5.35. The zero-order chi connectivity index (χ0) is 16.4. The maximum atomic E-state index is 13.3. The van der Waals surface area contributed by atoms with Crippen molar-refractivity contribution < 1.29 is 14.3 Å². The number of aliphatic hydroxyl groups excluding tert-OH is 1. The van der Waals surface area contributed by atoms with Crippen molar-refractivity contribution in [2.24, 2.45) is 0 Å². The van der Waals surface area contributed by atoms with Gasteiger partial charge in [0.15, 0.2) is 0 Å². The van der Waals surface area contributed by atoms with Gasteiger partial charge in [0, 0.05) is 12.1 Å². The Morgan fingerprint density at radius 2 is 2.09 bits per heavy atom. The topological polar surface area (TPSA) is 85.2 Å². The molecule has 0 bridgehead atoms. The monoisotopic (exact) mass is 311 g/mol. The van der Waals surface area contributed by atoms with E-state index in [1.54, 1.807) is 6.07 Å². The van der Waals surface area contributed by atoms with Crippen LogP contribution >= 0.6 is 0 Å². The van der Waals surface area contributed by atoms with Crippen LogP contribution in [0.2, 0.25) is 0 Å². The second kappa shape index (κ2) is 6.07. The molecule has 2 atom stereocenters. The molecule has 2 aromatic rings. The lowest BCUT2D eigenvalue weighted by atomic mass is 10.1. The van der Waals surface area contributed by atoms with Crippen molar-refractivity contribution in [3.05, 3.63) is 65.0 Å². The van der Waals surface area contributed by atoms with E-state index >= 15 is 0 Å². The summed E-state index contributed by atoms with van der Waals surface area (Å²) in [5.41, 5.74) is 2.04. The molecule has 0 aliphatic heterocycles. The van der Waals surface area contributed by atoms with Gasteiger partial charge >= 0.3 is 6.03 Å². The lowest BCUT2D eigenvalue weighted by Crippen LogP contribution is -2.36. The number of urea groups is 1. The lowest BCUT2D eigenvalue weighted by Gasteiger charge is -2.18. The summed E-state index contributed by atoms with van der Waals surface area (Å²) in [5, 5.41) is 24.2. The van der Waals surface area contributed by atoms with E-state index in [0.29, 0.717) is 12.1 Å². The van der Waals surface area contributed by atoms with E-state index in [4.69, 9.17) is 5.26 Å². The van der Waals surface area contributed by atoms with Gasteiger partial charge in [0.05, 0.1) is 17.7 Å². The van der Waals surface area contributed by atoms with Crippen LogP contribution in [-0.2, 0) is 6.42 Å². The minimum atomic E-state index is -0.693. The van der Waals surface area contributed by atoms with Gasteiger partial charge in [-0.05, 0) is 29.3 Å². The van der Waals surface area contributed by atoms with Gasteiger partial charge in [0.1, 0.15) is 11.9 Å². The number of nitriles is 1. The van der Waals surface area contributed by atoms with Crippen LogP contribution < -0.4 is 10.6 Å². The van der Waals surface area contributed by atoms with E-state index in [1.165, 1.54) is 12.1 Å². The van der Waals surface area contributed by atoms with Crippen LogP contribution in [-0.4, -0.2) is 17.2 Å². The van der Waals surface area contributed by atoms with Gasteiger partial charge in [0.2, 0.25) is 0 Å². The van der Waals surface area contributed by atoms with E-state index in [2.05, 4.69) is 10.6 Å². The Balaban J connectivity index is 1.72. The summed E-state index contributed by atoms with van der Waals surface area (Å²) in [6, 6.07) is 11.9. The van der Waals surface area contributed by atoms with E-state index in [0.717, 1.165) is 17.2 Å². The first-order chi connectivity index (χ1) is 11.1. The van der Waals surface area contributed by atoms with E-state index in [9.17, 15) is 14.3 Å². The summed E-state index contributed by atoms with van der Waals surface area (Å²) in [6.07, 6.45) is -0.211. The summed E-state index contributed by atoms with van der Waals surface area (Å²) in [4.78, 5) is 12.1. The normalized spacial score (nSPS) is 18.8. The van der Waals surface area contributed by atoms with Crippen LogP contribution in [0.4, 0.5) is 14.9 Å². The molecule has 0 fully saturated rings. The first kappa shape index (κ1) is 15.0. The molecule has 0 saturated heterocycles. The van der Waals surface area contributed by atoms with E-state index in [-0.39, 0.29) is 5.56 Å². The van der Waals surface area contributed by atoms with E-state index < -0.39 is 24.0 Å². The average Bonchev–Trinajstić information content (AvgIpc) is 2.85. The lowest BCUT2D eigenvalue weighted by molar-refractivity contribution is 0.144. The van der Waals surface area contributed by atoms with Gasteiger partial charge in [-0.2, -0.15) is 5.26 Å². The quantitative estimate of drug-likeness (QED) is 0.796. The van der Waals surface area contributed by atoms with Crippen molar-refractivity contribution >= 4 is 11.7 Å². The summed E-state index contributed by atoms with van der Waals surface area (Å²) < 4.78 is 13.3. The molecule has 0 unspecified atom stereocenters. The molecule has 5 nitrogen and oxygen atoms in total. The molecule has 0 saturated carbocycles. The van der Waals surface area contributed by atoms with Gasteiger partial charge < -0.3 is 15.7 Å². The smallest absolute Gasteiger partial charge is 0.319 e. The number of fused-ring (bicyclic) bond motifs is 1. The molecule has 0 spiro atoms. The number of aliphatic hydroxyl groups is 1. The SMILES string of the molecule is N#Cc1cc(NC(=O)N[C@H]2c3ccccc3C[C@H]2O)ccc1F. The highest BCUT2D eigenvalue weighted by Gasteiger charge is 2.31. The van der Waals surface area contributed by atoms with Crippen molar-refractivity contribution in [1.82, 2.24) is 5.32 Å². The first-order valence-corrected chi connectivity index (χ1v) is 7.11. The fourth-order valence-corrected chi connectivity index (χ4v) is 2.74. The van der Waals surface area contributed by atoms with Crippen molar-refractivity contribution in [1.29, 1.82) is 5.26 Å². The molecule has 0 aromatic heterocycles. The van der Waals surface area contributed by atoms with Crippen molar-refractivity contribution in [2.45, 2.75) is 18.6 Å². The first-order valence-electron chi connectivity index (χ1n) is 7.11. The zero-order valence-electron chi connectivity index (χ0n) is 12.1. The molecule has 0 heterocycles. The Bertz CT molecular complexity index is 801. The number of amides is 2. The Labute approximate surface area is 132 Å². The van der Waals surface area contributed by atoms with Crippen molar-refractivity contribution in [3.8, 4) is 6.07 Å². The third kappa shape index (κ3) is 3.00. The van der Waals surface area contributed by atoms with Crippen molar-refractivity contribution in [3.63, 3.8) is 0 Å². The van der Waals surface area contributed by atoms with Gasteiger partial charge in [-0.15, -0.1) is 0 Å². The fourth-order valence-electron chi connectivity index (χ4n) is 2.74. The van der Waals surface area contributed by atoms with Crippen LogP contribution in [0.15, 0.2) is 42.5 Å². The summed E-state index contributed by atoms with van der Waals surface area (Å²) >= 11 is 0. The van der Waals surface area contributed by atoms with Crippen LogP contribution in [0.25, 0.3) is 0 Å². The number of carbonyl (C=O) groups excluding carboxylic acids is 1. The third-order valence-corrected chi connectivity index (χ3v) is 3.84. The maximum Gasteiger partial charge on any atom is 0.319 e. The molecule has 6 heteroatoms. The molecule has 1 aliphatic rings. The number of hydrogen-bond acceptors (Lipinski definition) is 3. The summed E-state index contributed by atoms with van der Waals surface area (Å²) in [6.45, 7) is 0. The summed E-state index contributed by atoms with van der Waals surface area (Å²) in [7, 11) is 0. The number of carbonyl (C=O) groups is 1. The number of nitrogens with zero attached hydrogens (tertiary/aromatic N) is 1. The minimum absolute atomic E-state index is 0.144. The largest absolute Gasteiger partial charge is 0.390 e. The molecule has 1 aliphatic carbocycles. The Hall–Kier alpha value is -2.91. The van der Waals surface area contributed by atoms with Crippen LogP contribution in [0.5, 0.6) is 0 Å². The van der Waals surface area contributed by atoms with Crippen LogP contribution in [0.3, 0.4) is 0 Å². The maximum absolute atomic E-state index is 13.3. The zero-order valence-corrected chi connectivity index (χ0v) is 12.1. The minimum Gasteiger partial charge on any atom is -0.390 e. The Kier molecular flexibility index (Phi) is 3.96. The molecule has 116 valence electrons. The van der Waals surface area contributed by atoms with Crippen LogP contribution in [0, 0.1) is 17.1 Å². The number of anilines is 1. The number of hydrogen-bond donors (Lipinski definition) is 3. The van der Waals surface area contributed by atoms with E-state index in [1.807, 2.05) is 24.3 Å². The Morgan fingerprint density at radius 3 is 2.87 bits per heavy atom. The molecular formula is C17H14FN3O2. The molecule has 3 N–H and O–H groups in total. The molecular weight excluding hydrogens is 297 g/mol. The number of rotatable bonds is 2. The number of halogens is 1. The Morgan fingerprint density at radius 1 is 1.30 bits per heavy atom. The molecule has 2 aromatic carbocycles. The highest BCUT2D eigenvalue weighted by Crippen LogP contribution is 2.31. The molecule has 23 heavy (non-hydrogen) atoms. The standard InChI is InChI=1S/C17H14FN3O2/c18-14-6-5-12(7-11(14)9-19)20-17(23)21-16-13-4-2-1-3-10(13)8-15(16)22/h1-7,15-16,22H,8H2,(H2,20,21,23)/t15-,16+/m1/s1. The highest BCUT2D eigenvalue weighted by molar-refractivity contribution is 5.89. The van der Waals surface area contributed by atoms with Crippen molar-refractivity contribution in [2.75, 3.05) is 5.32 Å². The average molecular weight is 311 g/mol. The number of nitrogens with one attached hydrogen (secondary N) is 2. The van der Waals surface area contributed by atoms with Gasteiger partial charge in [-0.3, -0.25) is 0 Å². The second-order valence-corrected chi connectivity index (χ2v) is 5.35. The highest BCUT2D eigenvalue weighted by atomic mass is 19.1. The van der Waals surface area contributed by atoms with Gasteiger partial charge in [-0.25, -0.2) is 9.18 Å². The van der Waals surface area contributed by atoms with Gasteiger partial charge in [0.25, 0.3) is 0 Å². The number of benzene rings is 2. The predicted molar refractivity (Wildman–Crippen MR) is 82.2 cm³/mol. The fraction of sp³-hybridized carbons (Fsp3) is 0.176. The van der Waals surface area contributed by atoms with Crippen LogP contribution in [0.1, 0.15) is 22.7 Å². The predicted octanol–water partition coefficient (Wildman–Crippen LogP) is 2.48. The molecule has 0 radical (unpaired) electrons. The summed E-state index contributed by atoms with van der Waals surface area (Å²) in [5.74, 6) is -0.640. The molecule has 3 rings (SSSR count).